The fraction of sp³-hybridized carbons (Fsp3) is 0.667. The second-order valence-electron chi connectivity index (χ2n) is 5.50. The van der Waals surface area contributed by atoms with Gasteiger partial charge in [-0.25, -0.2) is 0 Å². The van der Waals surface area contributed by atoms with E-state index >= 15 is 0 Å². The molecule has 4 heteroatoms. The summed E-state index contributed by atoms with van der Waals surface area (Å²) in [6.07, 6.45) is 4.34. The molecule has 4 nitrogen and oxygen atoms in total. The molecule has 0 spiro atoms. The van der Waals surface area contributed by atoms with Crippen LogP contribution in [-0.4, -0.2) is 43.2 Å². The predicted octanol–water partition coefficient (Wildman–Crippen LogP) is 1.89. The Labute approximate surface area is 116 Å². The molecular formula is C15H25N3O. The molecule has 19 heavy (non-hydrogen) atoms. The SMILES string of the molecule is COc1c(C)cnc(CNC2CCN(C)CC2)c1C. The van der Waals surface area contributed by atoms with E-state index in [9.17, 15) is 0 Å². The van der Waals surface area contributed by atoms with Gasteiger partial charge in [0, 0.05) is 29.9 Å². The Bertz CT molecular complexity index is 426. The molecule has 1 aromatic heterocycles. The van der Waals surface area contributed by atoms with E-state index in [4.69, 9.17) is 4.74 Å². The van der Waals surface area contributed by atoms with Gasteiger partial charge in [-0.3, -0.25) is 4.98 Å². The first-order valence-electron chi connectivity index (χ1n) is 7.02. The Morgan fingerprint density at radius 3 is 2.68 bits per heavy atom. The van der Waals surface area contributed by atoms with Crippen LogP contribution in [0.3, 0.4) is 0 Å². The van der Waals surface area contributed by atoms with E-state index in [-0.39, 0.29) is 0 Å². The summed E-state index contributed by atoms with van der Waals surface area (Å²) in [4.78, 5) is 6.92. The predicted molar refractivity (Wildman–Crippen MR) is 77.6 cm³/mol. The number of methoxy groups -OCH3 is 1. The molecule has 1 aliphatic heterocycles. The number of rotatable bonds is 4. The first-order chi connectivity index (χ1) is 9.11. The van der Waals surface area contributed by atoms with E-state index in [1.807, 2.05) is 13.1 Å². The first-order valence-corrected chi connectivity index (χ1v) is 7.02. The highest BCUT2D eigenvalue weighted by Crippen LogP contribution is 2.24. The maximum absolute atomic E-state index is 5.45. The second kappa shape index (κ2) is 6.35. The summed E-state index contributed by atoms with van der Waals surface area (Å²) >= 11 is 0. The molecule has 0 aromatic carbocycles. The van der Waals surface area contributed by atoms with Gasteiger partial charge in [0.25, 0.3) is 0 Å². The van der Waals surface area contributed by atoms with Crippen molar-refractivity contribution in [2.24, 2.45) is 0 Å². The van der Waals surface area contributed by atoms with Crippen molar-refractivity contribution in [3.05, 3.63) is 23.0 Å². The number of ether oxygens (including phenoxy) is 1. The summed E-state index contributed by atoms with van der Waals surface area (Å²) < 4.78 is 5.45. The Morgan fingerprint density at radius 1 is 1.37 bits per heavy atom. The molecular weight excluding hydrogens is 238 g/mol. The molecule has 106 valence electrons. The van der Waals surface area contributed by atoms with Gasteiger partial charge in [-0.1, -0.05) is 0 Å². The van der Waals surface area contributed by atoms with Gasteiger partial charge in [-0.15, -0.1) is 0 Å². The number of likely N-dealkylation sites (tertiary alicyclic amines) is 1. The van der Waals surface area contributed by atoms with Gasteiger partial charge in [-0.2, -0.15) is 0 Å². The molecule has 0 radical (unpaired) electrons. The zero-order valence-corrected chi connectivity index (χ0v) is 12.5. The van der Waals surface area contributed by atoms with Crippen LogP contribution in [0.2, 0.25) is 0 Å². The number of nitrogens with zero attached hydrogens (tertiary/aromatic N) is 2. The standard InChI is InChI=1S/C15H25N3O/c1-11-9-17-14(12(2)15(11)19-4)10-16-13-5-7-18(3)8-6-13/h9,13,16H,5-8,10H2,1-4H3. The van der Waals surface area contributed by atoms with Crippen LogP contribution in [0, 0.1) is 13.8 Å². The Morgan fingerprint density at radius 2 is 2.05 bits per heavy atom. The van der Waals surface area contributed by atoms with Crippen molar-refractivity contribution in [3.63, 3.8) is 0 Å². The van der Waals surface area contributed by atoms with E-state index in [1.165, 1.54) is 25.9 Å². The lowest BCUT2D eigenvalue weighted by Gasteiger charge is -2.29. The Hall–Kier alpha value is -1.13. The number of nitrogens with one attached hydrogen (secondary N) is 1. The van der Waals surface area contributed by atoms with Crippen LogP contribution in [-0.2, 0) is 6.54 Å². The van der Waals surface area contributed by atoms with Crippen LogP contribution in [0.1, 0.15) is 29.7 Å². The number of hydrogen-bond donors (Lipinski definition) is 1. The molecule has 1 aromatic rings. The van der Waals surface area contributed by atoms with E-state index < -0.39 is 0 Å². The van der Waals surface area contributed by atoms with Crippen LogP contribution in [0.25, 0.3) is 0 Å². The van der Waals surface area contributed by atoms with Gasteiger partial charge < -0.3 is 15.0 Å². The lowest BCUT2D eigenvalue weighted by molar-refractivity contribution is 0.233. The molecule has 0 unspecified atom stereocenters. The smallest absolute Gasteiger partial charge is 0.128 e. The topological polar surface area (TPSA) is 37.4 Å². The zero-order chi connectivity index (χ0) is 13.8. The maximum Gasteiger partial charge on any atom is 0.128 e. The fourth-order valence-electron chi connectivity index (χ4n) is 2.70. The highest BCUT2D eigenvalue weighted by molar-refractivity contribution is 5.40. The van der Waals surface area contributed by atoms with Crippen molar-refractivity contribution in [3.8, 4) is 5.75 Å². The van der Waals surface area contributed by atoms with Gasteiger partial charge in [0.1, 0.15) is 5.75 Å². The van der Waals surface area contributed by atoms with E-state index in [0.29, 0.717) is 6.04 Å². The monoisotopic (exact) mass is 263 g/mol. The fourth-order valence-corrected chi connectivity index (χ4v) is 2.70. The molecule has 0 amide bonds. The maximum atomic E-state index is 5.45. The molecule has 0 atom stereocenters. The highest BCUT2D eigenvalue weighted by Gasteiger charge is 2.17. The summed E-state index contributed by atoms with van der Waals surface area (Å²) in [6, 6.07) is 0.615. The summed E-state index contributed by atoms with van der Waals surface area (Å²) in [7, 11) is 3.91. The van der Waals surface area contributed by atoms with Crippen LogP contribution < -0.4 is 10.1 Å². The van der Waals surface area contributed by atoms with Crippen molar-refractivity contribution in [2.75, 3.05) is 27.2 Å². The number of piperidine rings is 1. The number of pyridine rings is 1. The third-order valence-corrected chi connectivity index (χ3v) is 4.03. The molecule has 0 saturated carbocycles. The quantitative estimate of drug-likeness (QED) is 0.900. The minimum Gasteiger partial charge on any atom is -0.496 e. The largest absolute Gasteiger partial charge is 0.496 e. The van der Waals surface area contributed by atoms with Crippen LogP contribution in [0.4, 0.5) is 0 Å². The minimum absolute atomic E-state index is 0.615. The first kappa shape index (κ1) is 14.3. The number of aromatic nitrogens is 1. The summed E-state index contributed by atoms with van der Waals surface area (Å²) in [5.41, 5.74) is 3.35. The molecule has 1 fully saturated rings. The summed E-state index contributed by atoms with van der Waals surface area (Å²) in [5, 5.41) is 3.63. The van der Waals surface area contributed by atoms with Crippen LogP contribution in [0.5, 0.6) is 5.75 Å². The third-order valence-electron chi connectivity index (χ3n) is 4.03. The summed E-state index contributed by atoms with van der Waals surface area (Å²) in [5.74, 6) is 0.968. The molecule has 0 aliphatic carbocycles. The molecule has 1 N–H and O–H groups in total. The number of hydrogen-bond acceptors (Lipinski definition) is 4. The lowest BCUT2D eigenvalue weighted by Crippen LogP contribution is -2.40. The zero-order valence-electron chi connectivity index (χ0n) is 12.5. The van der Waals surface area contributed by atoms with E-state index in [2.05, 4.69) is 29.2 Å². The normalized spacial score (nSPS) is 17.7. The average Bonchev–Trinajstić information content (AvgIpc) is 2.40. The molecule has 0 bridgehead atoms. The van der Waals surface area contributed by atoms with Gasteiger partial charge >= 0.3 is 0 Å². The van der Waals surface area contributed by atoms with Crippen molar-refractivity contribution in [1.29, 1.82) is 0 Å². The highest BCUT2D eigenvalue weighted by atomic mass is 16.5. The molecule has 2 rings (SSSR count). The van der Waals surface area contributed by atoms with Crippen LogP contribution in [0.15, 0.2) is 6.20 Å². The Kier molecular flexibility index (Phi) is 4.77. The molecule has 1 aliphatic rings. The van der Waals surface area contributed by atoms with Crippen molar-refractivity contribution in [1.82, 2.24) is 15.2 Å². The van der Waals surface area contributed by atoms with Crippen molar-refractivity contribution in [2.45, 2.75) is 39.3 Å². The third kappa shape index (κ3) is 3.45. The van der Waals surface area contributed by atoms with Gasteiger partial charge in [-0.05, 0) is 46.8 Å². The van der Waals surface area contributed by atoms with Crippen molar-refractivity contribution < 1.29 is 4.74 Å². The average molecular weight is 263 g/mol. The van der Waals surface area contributed by atoms with Crippen LogP contribution >= 0.6 is 0 Å². The lowest BCUT2D eigenvalue weighted by atomic mass is 10.0. The van der Waals surface area contributed by atoms with Gasteiger partial charge in [0.2, 0.25) is 0 Å². The second-order valence-corrected chi connectivity index (χ2v) is 5.50. The summed E-state index contributed by atoms with van der Waals surface area (Å²) in [6.45, 7) is 7.32. The number of aryl methyl sites for hydroxylation is 1. The Balaban J connectivity index is 1.96. The van der Waals surface area contributed by atoms with E-state index in [1.54, 1.807) is 7.11 Å². The van der Waals surface area contributed by atoms with Gasteiger partial charge in [0.05, 0.1) is 12.8 Å². The van der Waals surface area contributed by atoms with Crippen molar-refractivity contribution >= 4 is 0 Å². The van der Waals surface area contributed by atoms with E-state index in [0.717, 1.165) is 29.1 Å². The minimum atomic E-state index is 0.615. The molecule has 2 heterocycles. The molecule has 1 saturated heterocycles. The van der Waals surface area contributed by atoms with Gasteiger partial charge in [0.15, 0.2) is 0 Å².